The Morgan fingerprint density at radius 3 is 2.45 bits per heavy atom. The molecule has 0 saturated heterocycles. The van der Waals surface area contributed by atoms with Crippen molar-refractivity contribution >= 4 is 22.6 Å². The number of nitrogens with zero attached hydrogens (tertiary/aromatic N) is 1. The zero-order valence-corrected chi connectivity index (χ0v) is 15.4. The van der Waals surface area contributed by atoms with Gasteiger partial charge in [0, 0.05) is 16.7 Å². The van der Waals surface area contributed by atoms with Crippen molar-refractivity contribution in [1.82, 2.24) is 4.90 Å². The molecule has 0 bridgehead atoms. The molecule has 1 aromatic carbocycles. The van der Waals surface area contributed by atoms with Crippen molar-refractivity contribution < 1.29 is 4.74 Å². The lowest BCUT2D eigenvalue weighted by molar-refractivity contribution is 0.184. The quantitative estimate of drug-likeness (QED) is 0.444. The van der Waals surface area contributed by atoms with Gasteiger partial charge in [-0.15, -0.1) is 0 Å². The summed E-state index contributed by atoms with van der Waals surface area (Å²) in [5, 5.41) is 0. The average Bonchev–Trinajstić information content (AvgIpc) is 2.36. The van der Waals surface area contributed by atoms with Crippen LogP contribution >= 0.6 is 22.6 Å². The molecule has 2 nitrogen and oxygen atoms in total. The molecular formula is C17H28INO. The van der Waals surface area contributed by atoms with Gasteiger partial charge in [0.2, 0.25) is 0 Å². The fourth-order valence-corrected chi connectivity index (χ4v) is 2.98. The molecule has 114 valence electrons. The predicted molar refractivity (Wildman–Crippen MR) is 95.5 cm³/mol. The molecule has 0 atom stereocenters. The van der Waals surface area contributed by atoms with Crippen molar-refractivity contribution in [3.63, 3.8) is 0 Å². The molecule has 0 heterocycles. The molecule has 0 fully saturated rings. The number of hydrogen-bond donors (Lipinski definition) is 0. The van der Waals surface area contributed by atoms with Gasteiger partial charge in [0.1, 0.15) is 5.75 Å². The van der Waals surface area contributed by atoms with Crippen molar-refractivity contribution in [2.75, 3.05) is 26.7 Å². The zero-order valence-electron chi connectivity index (χ0n) is 13.3. The highest BCUT2D eigenvalue weighted by molar-refractivity contribution is 14.1. The number of rotatable bonds is 9. The monoisotopic (exact) mass is 389 g/mol. The van der Waals surface area contributed by atoms with Crippen molar-refractivity contribution in [3.8, 4) is 5.75 Å². The first-order chi connectivity index (χ1) is 9.43. The normalized spacial score (nSPS) is 11.9. The maximum absolute atomic E-state index is 5.76. The Bertz CT molecular complexity index is 375. The minimum Gasteiger partial charge on any atom is -0.494 e. The van der Waals surface area contributed by atoms with Crippen LogP contribution in [0.4, 0.5) is 0 Å². The number of benzene rings is 1. The molecule has 0 aliphatic heterocycles. The molecule has 0 aliphatic carbocycles. The first-order valence-corrected chi connectivity index (χ1v) is 8.58. The predicted octanol–water partition coefficient (Wildman–Crippen LogP) is 4.82. The highest BCUT2D eigenvalue weighted by Crippen LogP contribution is 2.23. The zero-order chi connectivity index (χ0) is 15.0. The summed E-state index contributed by atoms with van der Waals surface area (Å²) >= 11 is 2.31. The Hall–Kier alpha value is -0.290. The summed E-state index contributed by atoms with van der Waals surface area (Å²) in [5.74, 6) is 0.972. The topological polar surface area (TPSA) is 12.5 Å². The molecule has 0 unspecified atom stereocenters. The van der Waals surface area contributed by atoms with Gasteiger partial charge < -0.3 is 9.64 Å². The van der Waals surface area contributed by atoms with E-state index in [1.165, 1.54) is 16.4 Å². The third-order valence-electron chi connectivity index (χ3n) is 3.39. The van der Waals surface area contributed by atoms with Crippen LogP contribution in [-0.4, -0.2) is 31.6 Å². The molecule has 0 spiro atoms. The summed E-state index contributed by atoms with van der Waals surface area (Å²) in [6.45, 7) is 10.0. The van der Waals surface area contributed by atoms with E-state index in [1.54, 1.807) is 0 Å². The number of ether oxygens (including phenoxy) is 1. The molecular weight excluding hydrogens is 361 g/mol. The summed E-state index contributed by atoms with van der Waals surface area (Å²) in [6.07, 6.45) is 3.62. The Labute approximate surface area is 138 Å². The second-order valence-corrected chi connectivity index (χ2v) is 7.55. The van der Waals surface area contributed by atoms with Crippen LogP contribution < -0.4 is 4.74 Å². The molecule has 0 aromatic heterocycles. The van der Waals surface area contributed by atoms with Gasteiger partial charge in [-0.3, -0.25) is 0 Å². The van der Waals surface area contributed by atoms with Crippen LogP contribution in [-0.2, 0) is 0 Å². The molecule has 3 heteroatoms. The smallest absolute Gasteiger partial charge is 0.119 e. The van der Waals surface area contributed by atoms with Crippen LogP contribution in [0, 0.1) is 8.99 Å². The number of halogens is 1. The Morgan fingerprint density at radius 2 is 1.85 bits per heavy atom. The van der Waals surface area contributed by atoms with Crippen molar-refractivity contribution in [3.05, 3.63) is 27.8 Å². The van der Waals surface area contributed by atoms with Crippen molar-refractivity contribution in [2.24, 2.45) is 5.41 Å². The van der Waals surface area contributed by atoms with E-state index < -0.39 is 0 Å². The van der Waals surface area contributed by atoms with Crippen LogP contribution in [0.15, 0.2) is 24.3 Å². The van der Waals surface area contributed by atoms with Crippen molar-refractivity contribution in [1.29, 1.82) is 0 Å². The molecule has 0 amide bonds. The third-order valence-corrected chi connectivity index (χ3v) is 4.11. The maximum Gasteiger partial charge on any atom is 0.119 e. The van der Waals surface area contributed by atoms with Gasteiger partial charge in [0.25, 0.3) is 0 Å². The van der Waals surface area contributed by atoms with Gasteiger partial charge in [-0.2, -0.15) is 0 Å². The van der Waals surface area contributed by atoms with Gasteiger partial charge >= 0.3 is 0 Å². The van der Waals surface area contributed by atoms with E-state index in [2.05, 4.69) is 67.4 Å². The highest BCUT2D eigenvalue weighted by Gasteiger charge is 2.18. The van der Waals surface area contributed by atoms with E-state index in [0.29, 0.717) is 5.41 Å². The molecule has 0 N–H and O–H groups in total. The van der Waals surface area contributed by atoms with Gasteiger partial charge in [-0.25, -0.2) is 0 Å². The summed E-state index contributed by atoms with van der Waals surface area (Å²) in [6, 6.07) is 8.23. The second-order valence-electron chi connectivity index (χ2n) is 6.31. The Morgan fingerprint density at radius 1 is 1.20 bits per heavy atom. The van der Waals surface area contributed by atoms with E-state index in [1.807, 2.05) is 12.1 Å². The lowest BCUT2D eigenvalue weighted by Crippen LogP contribution is -2.32. The third kappa shape index (κ3) is 7.48. The first-order valence-electron chi connectivity index (χ1n) is 7.50. The second kappa shape index (κ2) is 8.88. The van der Waals surface area contributed by atoms with Crippen LogP contribution in [0.25, 0.3) is 0 Å². The molecule has 0 aliphatic rings. The SMILES string of the molecule is CCCC(C)(C)CN(C)CCCOc1ccc(I)cc1. The average molecular weight is 389 g/mol. The summed E-state index contributed by atoms with van der Waals surface area (Å²) in [5.41, 5.74) is 0.417. The molecule has 1 rings (SSSR count). The van der Waals surface area contributed by atoms with Crippen LogP contribution in [0.2, 0.25) is 0 Å². The minimum absolute atomic E-state index is 0.417. The van der Waals surface area contributed by atoms with E-state index in [-0.39, 0.29) is 0 Å². The molecule has 1 aromatic rings. The van der Waals surface area contributed by atoms with Gasteiger partial charge in [0.05, 0.1) is 6.61 Å². The molecule has 0 radical (unpaired) electrons. The summed E-state index contributed by atoms with van der Waals surface area (Å²) in [4.78, 5) is 2.42. The van der Waals surface area contributed by atoms with Gasteiger partial charge in [-0.1, -0.05) is 27.2 Å². The van der Waals surface area contributed by atoms with E-state index in [9.17, 15) is 0 Å². The highest BCUT2D eigenvalue weighted by atomic mass is 127. The summed E-state index contributed by atoms with van der Waals surface area (Å²) in [7, 11) is 2.21. The fraction of sp³-hybridized carbons (Fsp3) is 0.647. The Kier molecular flexibility index (Phi) is 7.88. The maximum atomic E-state index is 5.76. The van der Waals surface area contributed by atoms with E-state index >= 15 is 0 Å². The molecule has 20 heavy (non-hydrogen) atoms. The Balaban J connectivity index is 2.19. The van der Waals surface area contributed by atoms with Gasteiger partial charge in [0.15, 0.2) is 0 Å². The van der Waals surface area contributed by atoms with E-state index in [4.69, 9.17) is 4.74 Å². The number of hydrogen-bond acceptors (Lipinski definition) is 2. The van der Waals surface area contributed by atoms with E-state index in [0.717, 1.165) is 31.9 Å². The van der Waals surface area contributed by atoms with Crippen LogP contribution in [0.5, 0.6) is 5.75 Å². The lowest BCUT2D eigenvalue weighted by Gasteiger charge is -2.30. The molecule has 0 saturated carbocycles. The minimum atomic E-state index is 0.417. The van der Waals surface area contributed by atoms with Crippen LogP contribution in [0.1, 0.15) is 40.0 Å². The largest absolute Gasteiger partial charge is 0.494 e. The fourth-order valence-electron chi connectivity index (χ4n) is 2.62. The first kappa shape index (κ1) is 17.8. The lowest BCUT2D eigenvalue weighted by atomic mass is 9.87. The summed E-state index contributed by atoms with van der Waals surface area (Å²) < 4.78 is 7.00. The van der Waals surface area contributed by atoms with Gasteiger partial charge in [-0.05, 0) is 72.2 Å². The van der Waals surface area contributed by atoms with Crippen molar-refractivity contribution in [2.45, 2.75) is 40.0 Å². The van der Waals surface area contributed by atoms with Crippen LogP contribution in [0.3, 0.4) is 0 Å². The standard InChI is InChI=1S/C17H28INO/c1-5-11-17(2,3)14-19(4)12-6-13-20-16-9-7-15(18)8-10-16/h7-10H,5-6,11-14H2,1-4H3.